The summed E-state index contributed by atoms with van der Waals surface area (Å²) in [4.78, 5) is 15.5. The lowest BCUT2D eigenvalue weighted by atomic mass is 9.63. The summed E-state index contributed by atoms with van der Waals surface area (Å²) in [5.41, 5.74) is 3.29. The van der Waals surface area contributed by atoms with Crippen molar-refractivity contribution in [3.8, 4) is 5.75 Å². The number of halogens is 4. The fourth-order valence-electron chi connectivity index (χ4n) is 7.34. The van der Waals surface area contributed by atoms with Gasteiger partial charge in [0.15, 0.2) is 6.10 Å². The maximum Gasteiger partial charge on any atom is 0.414 e. The Labute approximate surface area is 271 Å². The van der Waals surface area contributed by atoms with Crippen LogP contribution < -0.4 is 14.4 Å². The number of nitrogens with zero attached hydrogens (tertiary/aromatic N) is 1. The molecule has 0 saturated heterocycles. The molecule has 2 aromatic rings. The summed E-state index contributed by atoms with van der Waals surface area (Å²) in [5, 5.41) is 10.8. The predicted molar refractivity (Wildman–Crippen MR) is 172 cm³/mol. The van der Waals surface area contributed by atoms with Crippen LogP contribution in [0, 0.1) is 23.7 Å². The third kappa shape index (κ3) is 7.65. The minimum Gasteiger partial charge on any atom is -0.491 e. The van der Waals surface area contributed by atoms with Crippen molar-refractivity contribution in [1.82, 2.24) is 4.72 Å². The maximum absolute atomic E-state index is 14.0. The van der Waals surface area contributed by atoms with Gasteiger partial charge in [-0.15, -0.1) is 0 Å². The molecule has 1 fully saturated rings. The highest BCUT2D eigenvalue weighted by Crippen LogP contribution is 2.48. The highest BCUT2D eigenvalue weighted by Gasteiger charge is 2.50. The van der Waals surface area contributed by atoms with E-state index in [0.29, 0.717) is 61.0 Å². The normalized spacial score (nSPS) is 30.3. The van der Waals surface area contributed by atoms with Gasteiger partial charge in [-0.05, 0) is 104 Å². The standard InChI is InChI=1S/C34H44ClF3N2O4S/c1-4-6-22-15-26(35)11-13-27(22)25-18-40-17-24-9-12-28(24)29(32(41)34(36,37)38)8-5-7-20(2)21(3)45(43)39-33(42)23-10-14-31(44-19-25)30(40)16-23/h10-11,13-16,20-21,24-25,28-29,32,41H,4-9,12,17-19H2,1-3H3,(H,39,42). The Balaban J connectivity index is 1.55. The Morgan fingerprint density at radius 3 is 2.58 bits per heavy atom. The van der Waals surface area contributed by atoms with Crippen LogP contribution in [-0.2, 0) is 17.4 Å². The van der Waals surface area contributed by atoms with Crippen molar-refractivity contribution in [1.29, 1.82) is 0 Å². The number of benzene rings is 2. The fraction of sp³-hybridized carbons (Fsp3) is 0.618. The van der Waals surface area contributed by atoms with Gasteiger partial charge in [0, 0.05) is 29.6 Å². The molecule has 2 heterocycles. The highest BCUT2D eigenvalue weighted by atomic mass is 35.5. The first-order valence-corrected chi connectivity index (χ1v) is 17.7. The van der Waals surface area contributed by atoms with E-state index in [1.54, 1.807) is 25.1 Å². The molecule has 0 spiro atoms. The lowest BCUT2D eigenvalue weighted by Crippen LogP contribution is -2.48. The molecule has 11 heteroatoms. The Kier molecular flexibility index (Phi) is 10.8. The number of hydrogen-bond acceptors (Lipinski definition) is 5. The van der Waals surface area contributed by atoms with E-state index in [0.717, 1.165) is 30.4 Å². The monoisotopic (exact) mass is 668 g/mol. The molecule has 248 valence electrons. The number of nitrogens with one attached hydrogen (secondary N) is 1. The van der Waals surface area contributed by atoms with Gasteiger partial charge in [-0.3, -0.25) is 9.52 Å². The Morgan fingerprint density at radius 1 is 1.11 bits per heavy atom. The second-order valence-corrected chi connectivity index (χ2v) is 15.2. The summed E-state index contributed by atoms with van der Waals surface area (Å²) in [6.45, 7) is 7.19. The summed E-state index contributed by atoms with van der Waals surface area (Å²) < 4.78 is 64.0. The van der Waals surface area contributed by atoms with Gasteiger partial charge in [0.1, 0.15) is 16.7 Å². The average molecular weight is 669 g/mol. The second-order valence-electron chi connectivity index (χ2n) is 13.2. The molecule has 0 radical (unpaired) electrons. The van der Waals surface area contributed by atoms with E-state index in [9.17, 15) is 27.3 Å². The molecule has 1 saturated carbocycles. The first kappa shape index (κ1) is 34.0. The van der Waals surface area contributed by atoms with E-state index in [4.69, 9.17) is 16.3 Å². The Hall–Kier alpha value is -2.30. The topological polar surface area (TPSA) is 78.9 Å². The second kappa shape index (κ2) is 14.2. The van der Waals surface area contributed by atoms with Crippen molar-refractivity contribution in [3.05, 3.63) is 58.1 Å². The van der Waals surface area contributed by atoms with Crippen LogP contribution in [0.3, 0.4) is 0 Å². The number of aryl methyl sites for hydroxylation is 1. The summed E-state index contributed by atoms with van der Waals surface area (Å²) in [6, 6.07) is 11.1. The molecule has 2 aromatic carbocycles. The molecule has 5 rings (SSSR count). The lowest BCUT2D eigenvalue weighted by Gasteiger charge is -2.46. The molecule has 6 nitrogen and oxygen atoms in total. The van der Waals surface area contributed by atoms with Crippen molar-refractivity contribution in [2.24, 2.45) is 23.7 Å². The quantitative estimate of drug-likeness (QED) is 0.354. The van der Waals surface area contributed by atoms with Crippen LogP contribution in [0.5, 0.6) is 5.75 Å². The van der Waals surface area contributed by atoms with Crippen LogP contribution in [0.15, 0.2) is 36.4 Å². The summed E-state index contributed by atoms with van der Waals surface area (Å²) in [7, 11) is -1.69. The van der Waals surface area contributed by atoms with Gasteiger partial charge in [-0.2, -0.15) is 13.2 Å². The predicted octanol–water partition coefficient (Wildman–Crippen LogP) is 7.44. The average Bonchev–Trinajstić information content (AvgIpc) is 3.16. The number of alkyl halides is 3. The molecular weight excluding hydrogens is 625 g/mol. The molecular formula is C34H44ClF3N2O4S. The van der Waals surface area contributed by atoms with Crippen molar-refractivity contribution in [3.63, 3.8) is 0 Å². The number of fused-ring (bicyclic) bond motifs is 2. The van der Waals surface area contributed by atoms with Crippen LogP contribution in [0.4, 0.5) is 18.9 Å². The Morgan fingerprint density at radius 2 is 1.89 bits per heavy atom. The van der Waals surface area contributed by atoms with Crippen LogP contribution >= 0.6 is 11.6 Å². The number of carbonyl (C=O) groups excluding carboxylic acids is 1. The number of amides is 1. The largest absolute Gasteiger partial charge is 0.491 e. The summed E-state index contributed by atoms with van der Waals surface area (Å²) in [6.07, 6.45) is -2.68. The van der Waals surface area contributed by atoms with E-state index in [2.05, 4.69) is 16.5 Å². The van der Waals surface area contributed by atoms with Crippen molar-refractivity contribution < 1.29 is 32.0 Å². The van der Waals surface area contributed by atoms with Crippen molar-refractivity contribution >= 4 is 34.2 Å². The number of carbonyl (C=O) groups is 1. The maximum atomic E-state index is 14.0. The molecule has 3 aliphatic rings. The van der Waals surface area contributed by atoms with Gasteiger partial charge in [0.2, 0.25) is 0 Å². The fourth-order valence-corrected chi connectivity index (χ4v) is 8.58. The summed E-state index contributed by atoms with van der Waals surface area (Å²) in [5.74, 6) is -1.27. The number of anilines is 1. The smallest absolute Gasteiger partial charge is 0.414 e. The molecule has 45 heavy (non-hydrogen) atoms. The van der Waals surface area contributed by atoms with Crippen molar-refractivity contribution in [2.75, 3.05) is 24.6 Å². The van der Waals surface area contributed by atoms with Crippen LogP contribution in [0.25, 0.3) is 0 Å². The molecule has 2 bridgehead atoms. The molecule has 8 unspecified atom stereocenters. The first-order chi connectivity index (χ1) is 21.4. The van der Waals surface area contributed by atoms with E-state index in [1.165, 1.54) is 0 Å². The van der Waals surface area contributed by atoms with E-state index >= 15 is 0 Å². The minimum absolute atomic E-state index is 0.0518. The lowest BCUT2D eigenvalue weighted by molar-refractivity contribution is -0.231. The zero-order chi connectivity index (χ0) is 32.5. The van der Waals surface area contributed by atoms with Gasteiger partial charge in [-0.25, -0.2) is 4.21 Å². The minimum atomic E-state index is -4.70. The third-order valence-electron chi connectivity index (χ3n) is 10.3. The molecule has 0 aromatic heterocycles. The number of hydrogen-bond donors (Lipinski definition) is 2. The van der Waals surface area contributed by atoms with Gasteiger partial charge in [-0.1, -0.05) is 44.4 Å². The van der Waals surface area contributed by atoms with Gasteiger partial charge in [0.05, 0.1) is 17.5 Å². The van der Waals surface area contributed by atoms with Crippen LogP contribution in [0.2, 0.25) is 5.02 Å². The molecule has 1 amide bonds. The number of rotatable bonds is 4. The number of aliphatic hydroxyl groups excluding tert-OH is 1. The van der Waals surface area contributed by atoms with E-state index < -0.39 is 40.3 Å². The van der Waals surface area contributed by atoms with Gasteiger partial charge >= 0.3 is 6.18 Å². The third-order valence-corrected chi connectivity index (χ3v) is 12.0. The van der Waals surface area contributed by atoms with Crippen LogP contribution in [-0.4, -0.2) is 52.4 Å². The zero-order valence-corrected chi connectivity index (χ0v) is 27.7. The van der Waals surface area contributed by atoms with Crippen LogP contribution in [0.1, 0.15) is 86.7 Å². The van der Waals surface area contributed by atoms with E-state index in [1.807, 2.05) is 25.1 Å². The highest BCUT2D eigenvalue weighted by molar-refractivity contribution is 7.84. The number of ether oxygens (including phenoxy) is 1. The SMILES string of the molecule is CCCc1cc(Cl)ccc1C1COc2ccc3cc2N(C1)CC1CCC1C(C(O)C(F)(F)F)CCCC(C)C(C)S(=O)NC3=O. The van der Waals surface area contributed by atoms with Gasteiger partial charge in [0.25, 0.3) is 5.91 Å². The Bertz CT molecular complexity index is 1390. The molecule has 8 atom stereocenters. The number of aliphatic hydroxyl groups is 1. The first-order valence-electron chi connectivity index (χ1n) is 16.1. The molecule has 2 N–H and O–H groups in total. The van der Waals surface area contributed by atoms with Crippen molar-refractivity contribution in [2.45, 2.75) is 89.2 Å². The molecule has 1 aliphatic carbocycles. The van der Waals surface area contributed by atoms with Gasteiger partial charge < -0.3 is 14.7 Å². The zero-order valence-electron chi connectivity index (χ0n) is 26.1. The van der Waals surface area contributed by atoms with E-state index in [-0.39, 0.29) is 30.1 Å². The molecule has 2 aliphatic heterocycles. The summed E-state index contributed by atoms with van der Waals surface area (Å²) >= 11 is 6.36.